The van der Waals surface area contributed by atoms with E-state index in [-0.39, 0.29) is 35.9 Å². The van der Waals surface area contributed by atoms with Gasteiger partial charge in [-0.2, -0.15) is 0 Å². The van der Waals surface area contributed by atoms with Crippen molar-refractivity contribution in [3.05, 3.63) is 74.4 Å². The minimum absolute atomic E-state index is 0.0373. The molecule has 1 aliphatic rings. The number of carbonyl (C=O) groups excluding carboxylic acids is 1. The summed E-state index contributed by atoms with van der Waals surface area (Å²) >= 11 is 5.97. The lowest BCUT2D eigenvalue weighted by molar-refractivity contribution is -0.116. The number of halogens is 1. The molecule has 3 aromatic rings. The lowest BCUT2D eigenvalue weighted by atomic mass is 10.0. The van der Waals surface area contributed by atoms with E-state index >= 15 is 0 Å². The third-order valence-corrected chi connectivity index (χ3v) is 8.99. The van der Waals surface area contributed by atoms with Crippen molar-refractivity contribution < 1.29 is 13.2 Å². The highest BCUT2D eigenvalue weighted by atomic mass is 35.5. The molecule has 0 atom stereocenters. The number of sulfone groups is 1. The van der Waals surface area contributed by atoms with Crippen LogP contribution in [0.1, 0.15) is 38.5 Å². The molecule has 4 rings (SSSR count). The zero-order valence-electron chi connectivity index (χ0n) is 19.3. The van der Waals surface area contributed by atoms with E-state index in [0.717, 1.165) is 23.8 Å². The molecule has 1 saturated carbocycles. The molecule has 1 aromatic heterocycles. The summed E-state index contributed by atoms with van der Waals surface area (Å²) in [7, 11) is -3.29. The largest absolute Gasteiger partial charge is 0.331 e. The third kappa shape index (κ3) is 5.85. The van der Waals surface area contributed by atoms with Gasteiger partial charge in [0, 0.05) is 17.3 Å². The molecule has 35 heavy (non-hydrogen) atoms. The molecule has 186 valence electrons. The Kier molecular flexibility index (Phi) is 7.76. The van der Waals surface area contributed by atoms with Gasteiger partial charge >= 0.3 is 5.69 Å². The number of carbonyl (C=O) groups is 1. The standard InChI is InChI=1S/C25H28ClN3O5S/c26-18-8-6-9-19(16-18)27-23(30)17-29-22-13-5-4-12-21(22)24(31)28(25(29)32)14-7-15-35(33,34)20-10-2-1-3-11-20/h4-6,8-9,12-13,16,20H,1-3,7,10-11,14-15,17H2,(H,27,30). The quantitative estimate of drug-likeness (QED) is 0.491. The summed E-state index contributed by atoms with van der Waals surface area (Å²) in [4.78, 5) is 39.1. The number of nitrogens with one attached hydrogen (secondary N) is 1. The van der Waals surface area contributed by atoms with Crippen molar-refractivity contribution in [1.82, 2.24) is 9.13 Å². The van der Waals surface area contributed by atoms with Crippen LogP contribution in [0.15, 0.2) is 58.1 Å². The maximum absolute atomic E-state index is 13.3. The Labute approximate surface area is 208 Å². The summed E-state index contributed by atoms with van der Waals surface area (Å²) in [5, 5.41) is 3.12. The Morgan fingerprint density at radius 3 is 2.49 bits per heavy atom. The fourth-order valence-electron chi connectivity index (χ4n) is 4.65. The molecule has 2 aromatic carbocycles. The highest BCUT2D eigenvalue weighted by molar-refractivity contribution is 7.92. The van der Waals surface area contributed by atoms with E-state index < -0.39 is 27.0 Å². The van der Waals surface area contributed by atoms with Gasteiger partial charge in [-0.1, -0.05) is 49.1 Å². The Morgan fingerprint density at radius 2 is 1.74 bits per heavy atom. The lowest BCUT2D eigenvalue weighted by Crippen LogP contribution is -2.42. The number of aromatic nitrogens is 2. The summed E-state index contributed by atoms with van der Waals surface area (Å²) < 4.78 is 27.7. The monoisotopic (exact) mass is 517 g/mol. The Hall–Kier alpha value is -2.91. The Balaban J connectivity index is 1.58. The van der Waals surface area contributed by atoms with Gasteiger partial charge in [-0.05, 0) is 49.6 Å². The molecule has 0 bridgehead atoms. The van der Waals surface area contributed by atoms with E-state index in [0.29, 0.717) is 29.1 Å². The Bertz CT molecular complexity index is 1460. The highest BCUT2D eigenvalue weighted by Gasteiger charge is 2.27. The average molecular weight is 518 g/mol. The minimum Gasteiger partial charge on any atom is -0.324 e. The maximum Gasteiger partial charge on any atom is 0.331 e. The number of amides is 1. The fraction of sp³-hybridized carbons (Fsp3) is 0.400. The van der Waals surface area contributed by atoms with Crippen molar-refractivity contribution in [2.24, 2.45) is 0 Å². The van der Waals surface area contributed by atoms with Crippen LogP contribution in [0.25, 0.3) is 10.9 Å². The molecule has 10 heteroatoms. The average Bonchev–Trinajstić information content (AvgIpc) is 2.84. The summed E-state index contributed by atoms with van der Waals surface area (Å²) in [5.41, 5.74) is -0.312. The van der Waals surface area contributed by atoms with Gasteiger partial charge < -0.3 is 5.32 Å². The van der Waals surface area contributed by atoms with E-state index in [1.54, 1.807) is 48.5 Å². The normalized spacial score (nSPS) is 14.8. The molecule has 8 nitrogen and oxygen atoms in total. The molecule has 1 fully saturated rings. The summed E-state index contributed by atoms with van der Waals surface area (Å²) in [6, 6.07) is 13.2. The summed E-state index contributed by atoms with van der Waals surface area (Å²) in [6.45, 7) is -0.350. The molecule has 1 aliphatic carbocycles. The topological polar surface area (TPSA) is 107 Å². The van der Waals surface area contributed by atoms with Crippen molar-refractivity contribution in [3.8, 4) is 0 Å². The number of hydrogen-bond donors (Lipinski definition) is 1. The molecule has 1 amide bonds. The van der Waals surface area contributed by atoms with E-state index in [1.807, 2.05) is 0 Å². The first-order valence-corrected chi connectivity index (χ1v) is 13.8. The van der Waals surface area contributed by atoms with Crippen LogP contribution in [-0.4, -0.2) is 34.5 Å². The van der Waals surface area contributed by atoms with Gasteiger partial charge in [0.2, 0.25) is 5.91 Å². The summed E-state index contributed by atoms with van der Waals surface area (Å²) in [5.74, 6) is -0.532. The maximum atomic E-state index is 13.3. The van der Waals surface area contributed by atoms with Gasteiger partial charge in [-0.25, -0.2) is 13.2 Å². The van der Waals surface area contributed by atoms with Crippen molar-refractivity contribution in [1.29, 1.82) is 0 Å². The molecule has 0 spiro atoms. The fourth-order valence-corrected chi connectivity index (χ4v) is 6.75. The number of fused-ring (bicyclic) bond motifs is 1. The van der Waals surface area contributed by atoms with Crippen molar-refractivity contribution in [2.45, 2.75) is 56.9 Å². The molecular formula is C25H28ClN3O5S. The van der Waals surface area contributed by atoms with Crippen molar-refractivity contribution in [2.75, 3.05) is 11.1 Å². The van der Waals surface area contributed by atoms with Gasteiger partial charge in [0.05, 0.1) is 21.9 Å². The van der Waals surface area contributed by atoms with Crippen LogP contribution in [0.5, 0.6) is 0 Å². The van der Waals surface area contributed by atoms with Crippen molar-refractivity contribution in [3.63, 3.8) is 0 Å². The second-order valence-electron chi connectivity index (χ2n) is 8.88. The highest BCUT2D eigenvalue weighted by Crippen LogP contribution is 2.24. The van der Waals surface area contributed by atoms with Gasteiger partial charge in [0.1, 0.15) is 6.54 Å². The molecular weight excluding hydrogens is 490 g/mol. The van der Waals surface area contributed by atoms with Crippen LogP contribution < -0.4 is 16.6 Å². The number of nitrogens with zero attached hydrogens (tertiary/aromatic N) is 2. The number of benzene rings is 2. The van der Waals surface area contributed by atoms with Crippen LogP contribution in [0.3, 0.4) is 0 Å². The molecule has 0 unspecified atom stereocenters. The van der Waals surface area contributed by atoms with Crippen molar-refractivity contribution >= 4 is 43.9 Å². The summed E-state index contributed by atoms with van der Waals surface area (Å²) in [6.07, 6.45) is 4.38. The minimum atomic E-state index is -3.29. The van der Waals surface area contributed by atoms with Gasteiger partial charge in [0.15, 0.2) is 9.84 Å². The van der Waals surface area contributed by atoms with Crippen LogP contribution in [-0.2, 0) is 27.7 Å². The lowest BCUT2D eigenvalue weighted by Gasteiger charge is -2.21. The van der Waals surface area contributed by atoms with E-state index in [1.165, 1.54) is 4.57 Å². The molecule has 0 aliphatic heterocycles. The van der Waals surface area contributed by atoms with Crippen LogP contribution in [0.2, 0.25) is 5.02 Å². The second-order valence-corrected chi connectivity index (χ2v) is 11.7. The zero-order valence-corrected chi connectivity index (χ0v) is 20.9. The first kappa shape index (κ1) is 25.2. The second kappa shape index (κ2) is 10.8. The Morgan fingerprint density at radius 1 is 1.00 bits per heavy atom. The third-order valence-electron chi connectivity index (χ3n) is 6.41. The van der Waals surface area contributed by atoms with Crippen LogP contribution in [0, 0.1) is 0 Å². The van der Waals surface area contributed by atoms with Gasteiger partial charge in [-0.3, -0.25) is 18.7 Å². The van der Waals surface area contributed by atoms with E-state index in [9.17, 15) is 22.8 Å². The predicted octanol–water partition coefficient (Wildman–Crippen LogP) is 3.59. The number of anilines is 1. The number of hydrogen-bond acceptors (Lipinski definition) is 5. The predicted molar refractivity (Wildman–Crippen MR) is 138 cm³/mol. The molecule has 1 heterocycles. The number of rotatable bonds is 8. The first-order valence-electron chi connectivity index (χ1n) is 11.8. The smallest absolute Gasteiger partial charge is 0.324 e. The van der Waals surface area contributed by atoms with E-state index in [2.05, 4.69) is 5.32 Å². The number of para-hydroxylation sites is 1. The SMILES string of the molecule is O=C(Cn1c(=O)n(CCCS(=O)(=O)C2CCCCC2)c(=O)c2ccccc21)Nc1cccc(Cl)c1. The van der Waals surface area contributed by atoms with Gasteiger partial charge in [-0.15, -0.1) is 0 Å². The van der Waals surface area contributed by atoms with E-state index in [4.69, 9.17) is 11.6 Å². The first-order chi connectivity index (χ1) is 16.8. The molecule has 0 radical (unpaired) electrons. The van der Waals surface area contributed by atoms with Gasteiger partial charge in [0.25, 0.3) is 5.56 Å². The molecule has 0 saturated heterocycles. The van der Waals surface area contributed by atoms with Crippen LogP contribution in [0.4, 0.5) is 5.69 Å². The molecule has 1 N–H and O–H groups in total. The zero-order chi connectivity index (χ0) is 25.0. The van der Waals surface area contributed by atoms with Crippen LogP contribution >= 0.6 is 11.6 Å².